The molecule has 18 heavy (non-hydrogen) atoms. The lowest BCUT2D eigenvalue weighted by molar-refractivity contribution is 0.140. The summed E-state index contributed by atoms with van der Waals surface area (Å²) in [6.07, 6.45) is 11.2. The van der Waals surface area contributed by atoms with E-state index in [4.69, 9.17) is 5.73 Å². The van der Waals surface area contributed by atoms with E-state index in [1.165, 1.54) is 51.5 Å². The summed E-state index contributed by atoms with van der Waals surface area (Å²) in [7, 11) is 0. The maximum atomic E-state index is 5.71. The van der Waals surface area contributed by atoms with Crippen molar-refractivity contribution < 1.29 is 0 Å². The number of likely N-dealkylation sites (tertiary alicyclic amines) is 1. The van der Waals surface area contributed by atoms with E-state index in [0.29, 0.717) is 12.0 Å². The summed E-state index contributed by atoms with van der Waals surface area (Å²) in [6, 6.07) is 3.27. The van der Waals surface area contributed by atoms with Gasteiger partial charge in [-0.15, -0.1) is 0 Å². The van der Waals surface area contributed by atoms with Gasteiger partial charge in [0.15, 0.2) is 0 Å². The number of hydrogen-bond acceptors (Lipinski definition) is 4. The standard InChI is InChI=1S/C14H22N4/c15-14-16-9-8-12(17-14)13-7-4-10-18(13)11-5-2-1-3-6-11/h8-9,11,13H,1-7,10H2,(H2,15,16,17)/t13-/m0/s1. The van der Waals surface area contributed by atoms with Crippen molar-refractivity contribution in [3.05, 3.63) is 18.0 Å². The molecular weight excluding hydrogens is 224 g/mol. The van der Waals surface area contributed by atoms with Crippen LogP contribution in [0.25, 0.3) is 0 Å². The van der Waals surface area contributed by atoms with Crippen LogP contribution in [0.5, 0.6) is 0 Å². The molecule has 0 radical (unpaired) electrons. The molecule has 0 spiro atoms. The van der Waals surface area contributed by atoms with Crippen LogP contribution in [0.4, 0.5) is 5.95 Å². The fourth-order valence-electron chi connectivity index (χ4n) is 3.53. The molecule has 1 aromatic rings. The average molecular weight is 246 g/mol. The van der Waals surface area contributed by atoms with Gasteiger partial charge in [-0.1, -0.05) is 19.3 Å². The third kappa shape index (κ3) is 2.34. The Morgan fingerprint density at radius 1 is 1.11 bits per heavy atom. The van der Waals surface area contributed by atoms with E-state index < -0.39 is 0 Å². The van der Waals surface area contributed by atoms with Crippen molar-refractivity contribution >= 4 is 5.95 Å². The maximum absolute atomic E-state index is 5.71. The first kappa shape index (κ1) is 11.9. The summed E-state index contributed by atoms with van der Waals surface area (Å²) in [5.74, 6) is 0.406. The largest absolute Gasteiger partial charge is 0.368 e. The lowest BCUT2D eigenvalue weighted by Crippen LogP contribution is -2.36. The summed E-state index contributed by atoms with van der Waals surface area (Å²) in [6.45, 7) is 1.22. The van der Waals surface area contributed by atoms with Gasteiger partial charge in [0.1, 0.15) is 0 Å². The number of aromatic nitrogens is 2. The number of rotatable bonds is 2. The van der Waals surface area contributed by atoms with Crippen molar-refractivity contribution in [1.82, 2.24) is 14.9 Å². The van der Waals surface area contributed by atoms with Gasteiger partial charge in [0, 0.05) is 12.2 Å². The highest BCUT2D eigenvalue weighted by atomic mass is 15.2. The SMILES string of the molecule is Nc1nccc([C@@H]2CCCN2C2CCCCC2)n1. The van der Waals surface area contributed by atoms with Crippen LogP contribution in [-0.2, 0) is 0 Å². The Morgan fingerprint density at radius 2 is 1.94 bits per heavy atom. The third-order valence-electron chi connectivity index (χ3n) is 4.38. The van der Waals surface area contributed by atoms with Crippen LogP contribution in [0, 0.1) is 0 Å². The predicted molar refractivity (Wildman–Crippen MR) is 72.0 cm³/mol. The molecule has 1 saturated carbocycles. The van der Waals surface area contributed by atoms with Gasteiger partial charge in [0.2, 0.25) is 5.95 Å². The molecule has 2 N–H and O–H groups in total. The van der Waals surface area contributed by atoms with Gasteiger partial charge in [0.05, 0.1) is 11.7 Å². The molecule has 0 unspecified atom stereocenters. The van der Waals surface area contributed by atoms with Crippen LogP contribution in [0.3, 0.4) is 0 Å². The second-order valence-corrected chi connectivity index (χ2v) is 5.53. The molecule has 3 rings (SSSR count). The van der Waals surface area contributed by atoms with Crippen LogP contribution in [0.15, 0.2) is 12.3 Å². The van der Waals surface area contributed by atoms with Gasteiger partial charge < -0.3 is 5.73 Å². The van der Waals surface area contributed by atoms with E-state index in [1.54, 1.807) is 6.20 Å². The number of anilines is 1. The zero-order valence-corrected chi connectivity index (χ0v) is 10.9. The van der Waals surface area contributed by atoms with Crippen LogP contribution in [0.2, 0.25) is 0 Å². The summed E-state index contributed by atoms with van der Waals surface area (Å²) >= 11 is 0. The zero-order valence-electron chi connectivity index (χ0n) is 10.9. The molecule has 0 amide bonds. The minimum Gasteiger partial charge on any atom is -0.368 e. The molecule has 98 valence electrons. The van der Waals surface area contributed by atoms with E-state index in [-0.39, 0.29) is 0 Å². The first-order chi connectivity index (χ1) is 8.84. The van der Waals surface area contributed by atoms with E-state index >= 15 is 0 Å². The maximum Gasteiger partial charge on any atom is 0.220 e. The number of nitrogen functional groups attached to an aromatic ring is 1. The topological polar surface area (TPSA) is 55.0 Å². The molecule has 1 aliphatic carbocycles. The highest BCUT2D eigenvalue weighted by Gasteiger charge is 2.33. The first-order valence-corrected chi connectivity index (χ1v) is 7.19. The first-order valence-electron chi connectivity index (χ1n) is 7.19. The molecule has 1 aliphatic heterocycles. The van der Waals surface area contributed by atoms with Crippen LogP contribution >= 0.6 is 0 Å². The van der Waals surface area contributed by atoms with Crippen molar-refractivity contribution in [2.24, 2.45) is 0 Å². The van der Waals surface area contributed by atoms with E-state index in [0.717, 1.165) is 11.7 Å². The van der Waals surface area contributed by atoms with Crippen LogP contribution < -0.4 is 5.73 Å². The third-order valence-corrected chi connectivity index (χ3v) is 4.38. The van der Waals surface area contributed by atoms with Gasteiger partial charge in [-0.3, -0.25) is 4.90 Å². The summed E-state index contributed by atoms with van der Waals surface area (Å²) in [5, 5.41) is 0. The summed E-state index contributed by atoms with van der Waals surface area (Å²) in [5.41, 5.74) is 6.83. The van der Waals surface area contributed by atoms with E-state index in [9.17, 15) is 0 Å². The number of hydrogen-bond donors (Lipinski definition) is 1. The van der Waals surface area contributed by atoms with Gasteiger partial charge in [-0.25, -0.2) is 9.97 Å². The Labute approximate surface area is 109 Å². The zero-order chi connectivity index (χ0) is 12.4. The predicted octanol–water partition coefficient (Wildman–Crippen LogP) is 2.53. The monoisotopic (exact) mass is 246 g/mol. The minimum atomic E-state index is 0.406. The van der Waals surface area contributed by atoms with Crippen LogP contribution in [-0.4, -0.2) is 27.5 Å². The fourth-order valence-corrected chi connectivity index (χ4v) is 3.53. The molecule has 2 aliphatic rings. The highest BCUT2D eigenvalue weighted by Crippen LogP contribution is 2.36. The lowest BCUT2D eigenvalue weighted by atomic mass is 9.93. The molecule has 0 aromatic carbocycles. The van der Waals surface area contributed by atoms with Crippen molar-refractivity contribution in [2.75, 3.05) is 12.3 Å². The Kier molecular flexibility index (Phi) is 3.46. The summed E-state index contributed by atoms with van der Waals surface area (Å²) in [4.78, 5) is 11.1. The van der Waals surface area contributed by atoms with Gasteiger partial charge >= 0.3 is 0 Å². The molecule has 0 bridgehead atoms. The van der Waals surface area contributed by atoms with Gasteiger partial charge in [-0.05, 0) is 38.3 Å². The Morgan fingerprint density at radius 3 is 2.72 bits per heavy atom. The van der Waals surface area contributed by atoms with Crippen molar-refractivity contribution in [3.63, 3.8) is 0 Å². The van der Waals surface area contributed by atoms with Crippen molar-refractivity contribution in [2.45, 2.75) is 57.0 Å². The molecule has 1 atom stereocenters. The smallest absolute Gasteiger partial charge is 0.220 e. The Hall–Kier alpha value is -1.16. The number of nitrogens with two attached hydrogens (primary N) is 1. The normalized spacial score (nSPS) is 26.6. The number of nitrogens with zero attached hydrogens (tertiary/aromatic N) is 3. The Balaban J connectivity index is 1.78. The van der Waals surface area contributed by atoms with Crippen molar-refractivity contribution in [3.8, 4) is 0 Å². The molecule has 2 heterocycles. The second-order valence-electron chi connectivity index (χ2n) is 5.53. The minimum absolute atomic E-state index is 0.406. The summed E-state index contributed by atoms with van der Waals surface area (Å²) < 4.78 is 0. The highest BCUT2D eigenvalue weighted by molar-refractivity contribution is 5.20. The molecule has 1 aromatic heterocycles. The van der Waals surface area contributed by atoms with Gasteiger partial charge in [0.25, 0.3) is 0 Å². The molecule has 4 nitrogen and oxygen atoms in total. The second kappa shape index (κ2) is 5.22. The Bertz CT molecular complexity index is 401. The molecule has 2 fully saturated rings. The fraction of sp³-hybridized carbons (Fsp3) is 0.714. The van der Waals surface area contributed by atoms with E-state index in [1.807, 2.05) is 6.07 Å². The lowest BCUT2D eigenvalue weighted by Gasteiger charge is -2.35. The van der Waals surface area contributed by atoms with E-state index in [2.05, 4.69) is 14.9 Å². The molecule has 1 saturated heterocycles. The quantitative estimate of drug-likeness (QED) is 0.871. The molecular formula is C14H22N4. The average Bonchev–Trinajstić information content (AvgIpc) is 2.89. The molecule has 4 heteroatoms. The van der Waals surface area contributed by atoms with Crippen LogP contribution in [0.1, 0.15) is 56.7 Å². The van der Waals surface area contributed by atoms with Gasteiger partial charge in [-0.2, -0.15) is 0 Å². The van der Waals surface area contributed by atoms with Crippen molar-refractivity contribution in [1.29, 1.82) is 0 Å².